The van der Waals surface area contributed by atoms with Crippen LogP contribution in [0.1, 0.15) is 22.3 Å². The molecule has 2 aromatic heterocycles. The Kier molecular flexibility index (Phi) is 4.63. The molecule has 0 radical (unpaired) electrons. The molecule has 0 aliphatic heterocycles. The van der Waals surface area contributed by atoms with Crippen molar-refractivity contribution in [1.29, 1.82) is 0 Å². The van der Waals surface area contributed by atoms with E-state index in [0.717, 1.165) is 33.5 Å². The van der Waals surface area contributed by atoms with Gasteiger partial charge in [0.15, 0.2) is 0 Å². The second kappa shape index (κ2) is 7.70. The SMILES string of the molecule is Cc1cc(C)c(-c2nnc(-c3ccc(-n4c5ccccc5c5ccccc54)c(C)c3)o2)c(C)c1. The van der Waals surface area contributed by atoms with Crippen molar-refractivity contribution in [1.82, 2.24) is 14.8 Å². The molecule has 0 amide bonds. The van der Waals surface area contributed by atoms with Crippen LogP contribution in [0.4, 0.5) is 0 Å². The van der Waals surface area contributed by atoms with Crippen molar-refractivity contribution in [2.24, 2.45) is 0 Å². The quantitative estimate of drug-likeness (QED) is 0.281. The van der Waals surface area contributed by atoms with Crippen molar-refractivity contribution in [3.8, 4) is 28.6 Å². The van der Waals surface area contributed by atoms with E-state index in [4.69, 9.17) is 4.42 Å². The minimum absolute atomic E-state index is 0.534. The highest BCUT2D eigenvalue weighted by atomic mass is 16.4. The van der Waals surface area contributed by atoms with E-state index in [0.29, 0.717) is 11.8 Å². The molecule has 34 heavy (non-hydrogen) atoms. The molecule has 0 bridgehead atoms. The van der Waals surface area contributed by atoms with Crippen molar-refractivity contribution in [3.05, 3.63) is 101 Å². The van der Waals surface area contributed by atoms with Crippen LogP contribution >= 0.6 is 0 Å². The van der Waals surface area contributed by atoms with E-state index < -0.39 is 0 Å². The van der Waals surface area contributed by atoms with Crippen molar-refractivity contribution in [2.45, 2.75) is 27.7 Å². The second-order valence-corrected chi connectivity index (χ2v) is 9.06. The Labute approximate surface area is 198 Å². The van der Waals surface area contributed by atoms with Gasteiger partial charge in [-0.3, -0.25) is 0 Å². The van der Waals surface area contributed by atoms with E-state index in [2.05, 4.69) is 121 Å². The first kappa shape index (κ1) is 20.4. The molecular weight excluding hydrogens is 418 g/mol. The molecule has 0 atom stereocenters. The van der Waals surface area contributed by atoms with E-state index in [-0.39, 0.29) is 0 Å². The highest BCUT2D eigenvalue weighted by Gasteiger charge is 2.17. The number of rotatable bonds is 3. The van der Waals surface area contributed by atoms with Crippen LogP contribution in [0.25, 0.3) is 50.4 Å². The molecule has 6 rings (SSSR count). The predicted molar refractivity (Wildman–Crippen MR) is 138 cm³/mol. The minimum Gasteiger partial charge on any atom is -0.416 e. The Bertz CT molecular complexity index is 1630. The predicted octanol–water partition coefficient (Wildman–Crippen LogP) is 7.73. The van der Waals surface area contributed by atoms with Gasteiger partial charge in [-0.25, -0.2) is 0 Å². The molecule has 4 nitrogen and oxygen atoms in total. The van der Waals surface area contributed by atoms with Gasteiger partial charge in [0.25, 0.3) is 0 Å². The third kappa shape index (κ3) is 3.14. The van der Waals surface area contributed by atoms with Crippen LogP contribution in [0.2, 0.25) is 0 Å². The summed E-state index contributed by atoms with van der Waals surface area (Å²) in [5, 5.41) is 11.3. The molecule has 2 heterocycles. The van der Waals surface area contributed by atoms with E-state index in [1.165, 1.54) is 27.4 Å². The maximum absolute atomic E-state index is 6.15. The van der Waals surface area contributed by atoms with Gasteiger partial charge in [0.1, 0.15) is 0 Å². The first-order chi connectivity index (χ1) is 16.5. The molecule has 4 heteroatoms. The standard InChI is InChI=1S/C30H25N3O/c1-18-15-20(3)28(21(4)16-18)30-32-31-29(34-30)22-13-14-25(19(2)17-22)33-26-11-7-5-9-23(26)24-10-6-8-12-27(24)33/h5-17H,1-4H3. The number of aromatic nitrogens is 3. The van der Waals surface area contributed by atoms with Crippen LogP contribution in [0, 0.1) is 27.7 Å². The molecule has 0 spiro atoms. The fourth-order valence-electron chi connectivity index (χ4n) is 5.18. The fraction of sp³-hybridized carbons (Fsp3) is 0.133. The summed E-state index contributed by atoms with van der Waals surface area (Å²) in [7, 11) is 0. The Morgan fingerprint density at radius 2 is 1.21 bits per heavy atom. The van der Waals surface area contributed by atoms with Gasteiger partial charge in [-0.05, 0) is 74.7 Å². The summed E-state index contributed by atoms with van der Waals surface area (Å²) in [5.74, 6) is 1.10. The summed E-state index contributed by atoms with van der Waals surface area (Å²) in [5.41, 5.74) is 10.1. The smallest absolute Gasteiger partial charge is 0.248 e. The topological polar surface area (TPSA) is 43.9 Å². The van der Waals surface area contributed by atoms with Crippen LogP contribution in [0.15, 0.2) is 83.3 Å². The summed E-state index contributed by atoms with van der Waals surface area (Å²) >= 11 is 0. The molecule has 0 saturated carbocycles. The lowest BCUT2D eigenvalue weighted by atomic mass is 10.00. The first-order valence-corrected chi connectivity index (χ1v) is 11.5. The van der Waals surface area contributed by atoms with Crippen molar-refractivity contribution in [2.75, 3.05) is 0 Å². The number of aryl methyl sites for hydroxylation is 4. The number of para-hydroxylation sites is 2. The summed E-state index contributed by atoms with van der Waals surface area (Å²) in [4.78, 5) is 0. The number of benzene rings is 4. The highest BCUT2D eigenvalue weighted by molar-refractivity contribution is 6.09. The van der Waals surface area contributed by atoms with Gasteiger partial charge in [-0.2, -0.15) is 0 Å². The molecule has 0 N–H and O–H groups in total. The van der Waals surface area contributed by atoms with Crippen molar-refractivity contribution < 1.29 is 4.42 Å². The number of hydrogen-bond acceptors (Lipinski definition) is 3. The molecule has 0 aliphatic carbocycles. The Balaban J connectivity index is 1.45. The van der Waals surface area contributed by atoms with Crippen LogP contribution in [0.5, 0.6) is 0 Å². The Hall–Kier alpha value is -4.18. The summed E-state index contributed by atoms with van der Waals surface area (Å²) < 4.78 is 8.49. The Morgan fingerprint density at radius 3 is 1.82 bits per heavy atom. The number of nitrogens with zero attached hydrogens (tertiary/aromatic N) is 3. The van der Waals surface area contributed by atoms with Crippen molar-refractivity contribution >= 4 is 21.8 Å². The summed E-state index contributed by atoms with van der Waals surface area (Å²) in [6.07, 6.45) is 0. The third-order valence-electron chi connectivity index (χ3n) is 6.58. The zero-order valence-corrected chi connectivity index (χ0v) is 19.8. The largest absolute Gasteiger partial charge is 0.416 e. The number of fused-ring (bicyclic) bond motifs is 3. The van der Waals surface area contributed by atoms with Gasteiger partial charge in [0.05, 0.1) is 11.0 Å². The maximum atomic E-state index is 6.15. The monoisotopic (exact) mass is 443 g/mol. The van der Waals surface area contributed by atoms with Gasteiger partial charge in [-0.15, -0.1) is 10.2 Å². The lowest BCUT2D eigenvalue weighted by molar-refractivity contribution is 0.583. The zero-order valence-electron chi connectivity index (χ0n) is 19.8. The van der Waals surface area contributed by atoms with E-state index in [9.17, 15) is 0 Å². The van der Waals surface area contributed by atoms with Crippen LogP contribution in [0.3, 0.4) is 0 Å². The minimum atomic E-state index is 0.534. The lowest BCUT2D eigenvalue weighted by Gasteiger charge is -2.12. The average Bonchev–Trinajstić information content (AvgIpc) is 3.42. The van der Waals surface area contributed by atoms with Gasteiger partial charge in [0, 0.05) is 27.6 Å². The molecule has 0 saturated heterocycles. The molecule has 166 valence electrons. The van der Waals surface area contributed by atoms with Gasteiger partial charge in [-0.1, -0.05) is 54.1 Å². The highest BCUT2D eigenvalue weighted by Crippen LogP contribution is 2.35. The van der Waals surface area contributed by atoms with Crippen molar-refractivity contribution in [3.63, 3.8) is 0 Å². The Morgan fingerprint density at radius 1 is 0.618 bits per heavy atom. The van der Waals surface area contributed by atoms with E-state index >= 15 is 0 Å². The average molecular weight is 444 g/mol. The third-order valence-corrected chi connectivity index (χ3v) is 6.58. The van der Waals surface area contributed by atoms with Crippen LogP contribution < -0.4 is 0 Å². The van der Waals surface area contributed by atoms with E-state index in [1.54, 1.807) is 0 Å². The van der Waals surface area contributed by atoms with Crippen LogP contribution in [-0.2, 0) is 0 Å². The fourth-order valence-corrected chi connectivity index (χ4v) is 5.18. The van der Waals surface area contributed by atoms with Gasteiger partial charge < -0.3 is 8.98 Å². The molecular formula is C30H25N3O. The molecule has 0 fully saturated rings. The number of hydrogen-bond donors (Lipinski definition) is 0. The maximum Gasteiger partial charge on any atom is 0.248 e. The first-order valence-electron chi connectivity index (χ1n) is 11.5. The van der Waals surface area contributed by atoms with Gasteiger partial charge in [0.2, 0.25) is 11.8 Å². The lowest BCUT2D eigenvalue weighted by Crippen LogP contribution is -1.97. The van der Waals surface area contributed by atoms with Gasteiger partial charge >= 0.3 is 0 Å². The molecule has 0 aliphatic rings. The summed E-state index contributed by atoms with van der Waals surface area (Å²) in [6.45, 7) is 8.41. The second-order valence-electron chi connectivity index (χ2n) is 9.06. The van der Waals surface area contributed by atoms with Crippen LogP contribution in [-0.4, -0.2) is 14.8 Å². The molecule has 4 aromatic carbocycles. The summed E-state index contributed by atoms with van der Waals surface area (Å²) in [6, 6.07) is 27.8. The molecule has 6 aromatic rings. The normalized spacial score (nSPS) is 11.5. The van der Waals surface area contributed by atoms with E-state index in [1.807, 2.05) is 0 Å². The molecule has 0 unspecified atom stereocenters. The zero-order chi connectivity index (χ0) is 23.4.